The maximum atomic E-state index is 12.4. The summed E-state index contributed by atoms with van der Waals surface area (Å²) in [5, 5.41) is 13.8. The fraction of sp³-hybridized carbons (Fsp3) is 0.130. The van der Waals surface area contributed by atoms with E-state index in [4.69, 9.17) is 9.47 Å². The van der Waals surface area contributed by atoms with Gasteiger partial charge < -0.3 is 19.5 Å². The van der Waals surface area contributed by atoms with Crippen LogP contribution in [-0.4, -0.2) is 37.6 Å². The Morgan fingerprint density at radius 2 is 1.75 bits per heavy atom. The molecule has 1 amide bonds. The van der Waals surface area contributed by atoms with E-state index in [9.17, 15) is 19.7 Å². The number of hydrogen-bond acceptors (Lipinski definition) is 7. The molecule has 0 saturated heterocycles. The molecule has 0 atom stereocenters. The van der Waals surface area contributed by atoms with Crippen molar-refractivity contribution in [2.24, 2.45) is 0 Å². The van der Waals surface area contributed by atoms with Crippen molar-refractivity contribution in [2.45, 2.75) is 0 Å². The number of anilines is 1. The minimum Gasteiger partial charge on any atom is -0.497 e. The highest BCUT2D eigenvalue weighted by Gasteiger charge is 2.15. The second kappa shape index (κ2) is 10.1. The van der Waals surface area contributed by atoms with Crippen LogP contribution in [0.3, 0.4) is 0 Å². The van der Waals surface area contributed by atoms with Gasteiger partial charge in [0.25, 0.3) is 11.6 Å². The summed E-state index contributed by atoms with van der Waals surface area (Å²) in [6.45, 7) is -0.344. The lowest BCUT2D eigenvalue weighted by Gasteiger charge is -2.13. The standard InChI is InChI=1S/C23H20N2O7/c1-30-19-9-6-15(7-10-19)20-13-18(25(28)29)8-11-21(20)32-14-22(26)24-17-5-3-4-16(12-17)23(27)31-2/h3-13H,14H2,1-2H3,(H,24,26). The smallest absolute Gasteiger partial charge is 0.337 e. The number of nitrogens with one attached hydrogen (secondary N) is 1. The summed E-state index contributed by atoms with van der Waals surface area (Å²) in [5.74, 6) is -0.0483. The summed E-state index contributed by atoms with van der Waals surface area (Å²) in [7, 11) is 2.81. The Kier molecular flexibility index (Phi) is 7.02. The van der Waals surface area contributed by atoms with E-state index in [1.54, 1.807) is 42.5 Å². The first-order valence-corrected chi connectivity index (χ1v) is 9.45. The lowest BCUT2D eigenvalue weighted by atomic mass is 10.0. The van der Waals surface area contributed by atoms with Crippen molar-refractivity contribution in [1.82, 2.24) is 0 Å². The zero-order valence-electron chi connectivity index (χ0n) is 17.4. The molecule has 0 aliphatic heterocycles. The van der Waals surface area contributed by atoms with Crippen molar-refractivity contribution in [3.8, 4) is 22.6 Å². The molecule has 0 bridgehead atoms. The highest BCUT2D eigenvalue weighted by Crippen LogP contribution is 2.34. The van der Waals surface area contributed by atoms with Crippen molar-refractivity contribution in [3.63, 3.8) is 0 Å². The maximum absolute atomic E-state index is 12.4. The van der Waals surface area contributed by atoms with Crippen LogP contribution in [0.5, 0.6) is 11.5 Å². The highest BCUT2D eigenvalue weighted by atomic mass is 16.6. The van der Waals surface area contributed by atoms with Crippen LogP contribution in [0, 0.1) is 10.1 Å². The molecule has 0 fully saturated rings. The predicted molar refractivity (Wildman–Crippen MR) is 117 cm³/mol. The molecule has 3 rings (SSSR count). The molecule has 0 aliphatic carbocycles. The number of hydrogen-bond donors (Lipinski definition) is 1. The molecule has 9 nitrogen and oxygen atoms in total. The lowest BCUT2D eigenvalue weighted by Crippen LogP contribution is -2.20. The van der Waals surface area contributed by atoms with Gasteiger partial charge in [-0.2, -0.15) is 0 Å². The lowest BCUT2D eigenvalue weighted by molar-refractivity contribution is -0.384. The molecule has 0 spiro atoms. The van der Waals surface area contributed by atoms with Gasteiger partial charge in [-0.25, -0.2) is 4.79 Å². The van der Waals surface area contributed by atoms with Gasteiger partial charge in [-0.15, -0.1) is 0 Å². The third-order valence-electron chi connectivity index (χ3n) is 4.50. The second-order valence-corrected chi connectivity index (χ2v) is 6.58. The van der Waals surface area contributed by atoms with E-state index in [0.717, 1.165) is 0 Å². The Hall–Kier alpha value is -4.40. The van der Waals surface area contributed by atoms with Crippen molar-refractivity contribution in [2.75, 3.05) is 26.1 Å². The van der Waals surface area contributed by atoms with Crippen LogP contribution >= 0.6 is 0 Å². The number of esters is 1. The highest BCUT2D eigenvalue weighted by molar-refractivity contribution is 5.95. The SMILES string of the molecule is COC(=O)c1cccc(NC(=O)COc2ccc([N+](=O)[O-])cc2-c2ccc(OC)cc2)c1. The van der Waals surface area contributed by atoms with E-state index in [2.05, 4.69) is 10.1 Å². The number of carbonyl (C=O) groups excluding carboxylic acids is 2. The van der Waals surface area contributed by atoms with Crippen LogP contribution in [0.4, 0.5) is 11.4 Å². The topological polar surface area (TPSA) is 117 Å². The van der Waals surface area contributed by atoms with E-state index in [0.29, 0.717) is 33.9 Å². The fourth-order valence-corrected chi connectivity index (χ4v) is 2.94. The summed E-state index contributed by atoms with van der Waals surface area (Å²) in [4.78, 5) is 34.7. The summed E-state index contributed by atoms with van der Waals surface area (Å²) >= 11 is 0. The average molecular weight is 436 g/mol. The maximum Gasteiger partial charge on any atom is 0.337 e. The summed E-state index contributed by atoms with van der Waals surface area (Å²) < 4.78 is 15.5. The predicted octanol–water partition coefficient (Wildman–Crippen LogP) is 4.07. The van der Waals surface area contributed by atoms with Crippen molar-refractivity contribution in [3.05, 3.63) is 82.4 Å². The van der Waals surface area contributed by atoms with Crippen molar-refractivity contribution < 1.29 is 28.7 Å². The Labute approximate surface area is 183 Å². The molecule has 1 N–H and O–H groups in total. The number of amides is 1. The van der Waals surface area contributed by atoms with Crippen LogP contribution < -0.4 is 14.8 Å². The molecule has 3 aromatic carbocycles. The van der Waals surface area contributed by atoms with Crippen molar-refractivity contribution in [1.29, 1.82) is 0 Å². The van der Waals surface area contributed by atoms with Gasteiger partial charge in [0.2, 0.25) is 0 Å². The quantitative estimate of drug-likeness (QED) is 0.321. The minimum atomic E-state index is -0.521. The van der Waals surface area contributed by atoms with Gasteiger partial charge in [0.1, 0.15) is 11.5 Å². The summed E-state index contributed by atoms with van der Waals surface area (Å²) in [6.07, 6.45) is 0. The van der Waals surface area contributed by atoms with Crippen LogP contribution in [0.2, 0.25) is 0 Å². The van der Waals surface area contributed by atoms with Gasteiger partial charge >= 0.3 is 5.97 Å². The third-order valence-corrected chi connectivity index (χ3v) is 4.50. The third kappa shape index (κ3) is 5.39. The van der Waals surface area contributed by atoms with E-state index >= 15 is 0 Å². The first-order valence-electron chi connectivity index (χ1n) is 9.45. The number of benzene rings is 3. The van der Waals surface area contributed by atoms with Gasteiger partial charge in [0.05, 0.1) is 24.7 Å². The van der Waals surface area contributed by atoms with Crippen LogP contribution in [0.25, 0.3) is 11.1 Å². The first kappa shape index (κ1) is 22.3. The molecule has 0 heterocycles. The van der Waals surface area contributed by atoms with Crippen molar-refractivity contribution >= 4 is 23.3 Å². The van der Waals surface area contributed by atoms with Gasteiger partial charge in [0.15, 0.2) is 6.61 Å². The number of ether oxygens (including phenoxy) is 3. The van der Waals surface area contributed by atoms with Gasteiger partial charge in [-0.05, 0) is 42.0 Å². The van der Waals surface area contributed by atoms with Gasteiger partial charge in [-0.3, -0.25) is 14.9 Å². The van der Waals surface area contributed by atoms with E-state index in [1.807, 2.05) is 0 Å². The first-order chi connectivity index (χ1) is 15.4. The number of nitro groups is 1. The normalized spacial score (nSPS) is 10.2. The Morgan fingerprint density at radius 1 is 1.00 bits per heavy atom. The molecule has 3 aromatic rings. The molecular weight excluding hydrogens is 416 g/mol. The van der Waals surface area contributed by atoms with Crippen LogP contribution in [0.1, 0.15) is 10.4 Å². The Bertz CT molecular complexity index is 1140. The molecule has 0 aromatic heterocycles. The molecule has 0 aliphatic rings. The van der Waals surface area contributed by atoms with E-state index in [-0.39, 0.29) is 12.3 Å². The number of non-ortho nitro benzene ring substituents is 1. The summed E-state index contributed by atoms with van der Waals surface area (Å²) in [6, 6.07) is 17.3. The van der Waals surface area contributed by atoms with Crippen LogP contribution in [0.15, 0.2) is 66.7 Å². The molecular formula is C23H20N2O7. The molecule has 0 radical (unpaired) electrons. The average Bonchev–Trinajstić information content (AvgIpc) is 2.82. The van der Waals surface area contributed by atoms with Crippen LogP contribution in [-0.2, 0) is 9.53 Å². The molecule has 0 saturated carbocycles. The fourth-order valence-electron chi connectivity index (χ4n) is 2.94. The summed E-state index contributed by atoms with van der Waals surface area (Å²) in [5.41, 5.74) is 1.72. The number of carbonyl (C=O) groups is 2. The molecule has 9 heteroatoms. The Balaban J connectivity index is 1.77. The minimum absolute atomic E-state index is 0.104. The number of rotatable bonds is 8. The second-order valence-electron chi connectivity index (χ2n) is 6.58. The van der Waals surface area contributed by atoms with E-state index < -0.39 is 16.8 Å². The molecule has 0 unspecified atom stereocenters. The zero-order chi connectivity index (χ0) is 23.1. The number of nitrogens with zero attached hydrogens (tertiary/aromatic N) is 1. The molecule has 164 valence electrons. The van der Waals surface area contributed by atoms with Gasteiger partial charge in [0, 0.05) is 23.4 Å². The monoisotopic (exact) mass is 436 g/mol. The number of nitro benzene ring substituents is 1. The zero-order valence-corrected chi connectivity index (χ0v) is 17.4. The molecule has 32 heavy (non-hydrogen) atoms. The largest absolute Gasteiger partial charge is 0.497 e. The Morgan fingerprint density at radius 3 is 2.41 bits per heavy atom. The van der Waals surface area contributed by atoms with E-state index in [1.165, 1.54) is 38.5 Å². The van der Waals surface area contributed by atoms with Gasteiger partial charge in [-0.1, -0.05) is 18.2 Å². The number of methoxy groups -OCH3 is 2.